The number of hydrogen-bond donors (Lipinski definition) is 3. The summed E-state index contributed by atoms with van der Waals surface area (Å²) in [7, 11) is 0. The van der Waals surface area contributed by atoms with Crippen LogP contribution in [0.5, 0.6) is 0 Å². The minimum absolute atomic E-state index is 0.0272. The third-order valence-electron chi connectivity index (χ3n) is 2.44. The predicted octanol–water partition coefficient (Wildman–Crippen LogP) is -0.632. The Kier molecular flexibility index (Phi) is 5.10. The van der Waals surface area contributed by atoms with Gasteiger partial charge in [-0.2, -0.15) is 0 Å². The van der Waals surface area contributed by atoms with E-state index in [4.69, 9.17) is 5.73 Å². The fraction of sp³-hybridized carbons (Fsp3) is 0.800. The molecule has 0 bridgehead atoms. The molecule has 0 aliphatic heterocycles. The van der Waals surface area contributed by atoms with Crippen molar-refractivity contribution >= 4 is 11.8 Å². The summed E-state index contributed by atoms with van der Waals surface area (Å²) in [5, 5.41) is 5.17. The zero-order valence-corrected chi connectivity index (χ0v) is 8.92. The van der Waals surface area contributed by atoms with Crippen LogP contribution in [0.4, 0.5) is 0 Å². The number of nitrogens with one attached hydrogen (secondary N) is 2. The zero-order valence-electron chi connectivity index (χ0n) is 8.92. The largest absolute Gasteiger partial charge is 0.355 e. The van der Waals surface area contributed by atoms with E-state index in [1.165, 1.54) is 19.3 Å². The smallest absolute Gasteiger partial charge is 0.239 e. The van der Waals surface area contributed by atoms with E-state index in [0.29, 0.717) is 6.54 Å². The molecule has 1 aliphatic rings. The van der Waals surface area contributed by atoms with Gasteiger partial charge < -0.3 is 16.4 Å². The fourth-order valence-corrected chi connectivity index (χ4v) is 1.34. The van der Waals surface area contributed by atoms with Crippen molar-refractivity contribution in [2.75, 3.05) is 19.6 Å². The van der Waals surface area contributed by atoms with Crippen LogP contribution in [0.15, 0.2) is 0 Å². The molecule has 1 rings (SSSR count). The van der Waals surface area contributed by atoms with Gasteiger partial charge in [0.25, 0.3) is 0 Å². The molecule has 0 atom stereocenters. The van der Waals surface area contributed by atoms with Gasteiger partial charge in [0.15, 0.2) is 0 Å². The molecule has 15 heavy (non-hydrogen) atoms. The number of amides is 2. The zero-order chi connectivity index (χ0) is 11.1. The molecule has 1 fully saturated rings. The van der Waals surface area contributed by atoms with Gasteiger partial charge in [0.2, 0.25) is 11.8 Å². The van der Waals surface area contributed by atoms with Crippen molar-refractivity contribution in [2.24, 2.45) is 11.7 Å². The highest BCUT2D eigenvalue weighted by atomic mass is 16.2. The van der Waals surface area contributed by atoms with E-state index < -0.39 is 0 Å². The van der Waals surface area contributed by atoms with E-state index in [2.05, 4.69) is 10.6 Å². The average molecular weight is 213 g/mol. The first-order chi connectivity index (χ1) is 7.22. The number of carbonyl (C=O) groups is 2. The summed E-state index contributed by atoms with van der Waals surface area (Å²) >= 11 is 0. The Balaban J connectivity index is 1.90. The third-order valence-corrected chi connectivity index (χ3v) is 2.44. The minimum Gasteiger partial charge on any atom is -0.355 e. The number of carbonyl (C=O) groups excluding carboxylic acids is 2. The molecule has 4 N–H and O–H groups in total. The highest BCUT2D eigenvalue weighted by molar-refractivity contribution is 5.85. The normalized spacial score (nSPS) is 14.7. The van der Waals surface area contributed by atoms with Gasteiger partial charge >= 0.3 is 0 Å². The van der Waals surface area contributed by atoms with Crippen LogP contribution in [0, 0.1) is 5.92 Å². The third kappa shape index (κ3) is 6.06. The van der Waals surface area contributed by atoms with Crippen LogP contribution in [-0.2, 0) is 9.59 Å². The Hall–Kier alpha value is -1.10. The van der Waals surface area contributed by atoms with E-state index in [0.717, 1.165) is 12.3 Å². The fourth-order valence-electron chi connectivity index (χ4n) is 1.34. The van der Waals surface area contributed by atoms with Crippen LogP contribution in [0.3, 0.4) is 0 Å². The lowest BCUT2D eigenvalue weighted by atomic mass is 10.2. The Bertz CT molecular complexity index is 227. The van der Waals surface area contributed by atoms with Gasteiger partial charge in [-0.15, -0.1) is 0 Å². The van der Waals surface area contributed by atoms with Gasteiger partial charge in [-0.1, -0.05) is 12.8 Å². The molecule has 2 amide bonds. The maximum absolute atomic E-state index is 11.2. The Morgan fingerprint density at radius 1 is 1.20 bits per heavy atom. The van der Waals surface area contributed by atoms with Crippen LogP contribution in [0.25, 0.3) is 0 Å². The molecule has 0 unspecified atom stereocenters. The first-order valence-corrected chi connectivity index (χ1v) is 5.46. The van der Waals surface area contributed by atoms with Crippen molar-refractivity contribution in [1.29, 1.82) is 0 Å². The molecule has 0 heterocycles. The monoisotopic (exact) mass is 213 g/mol. The summed E-state index contributed by atoms with van der Waals surface area (Å²) in [5.74, 6) is 0.453. The summed E-state index contributed by atoms with van der Waals surface area (Å²) < 4.78 is 0. The van der Waals surface area contributed by atoms with Gasteiger partial charge in [0.05, 0.1) is 13.1 Å². The summed E-state index contributed by atoms with van der Waals surface area (Å²) in [6.07, 6.45) is 4.93. The highest BCUT2D eigenvalue weighted by Gasteiger charge is 2.19. The minimum atomic E-state index is -0.303. The lowest BCUT2D eigenvalue weighted by Gasteiger charge is -2.05. The van der Waals surface area contributed by atoms with Crippen molar-refractivity contribution in [1.82, 2.24) is 10.6 Å². The summed E-state index contributed by atoms with van der Waals surface area (Å²) in [6, 6.07) is 0. The Labute approximate surface area is 89.8 Å². The molecule has 5 heteroatoms. The molecule has 0 radical (unpaired) electrons. The van der Waals surface area contributed by atoms with Gasteiger partial charge in [-0.25, -0.2) is 0 Å². The molecule has 86 valence electrons. The topological polar surface area (TPSA) is 84.2 Å². The molecule has 5 nitrogen and oxygen atoms in total. The van der Waals surface area contributed by atoms with Crippen LogP contribution < -0.4 is 16.4 Å². The SMILES string of the molecule is NCC(=O)NCC(=O)NCCCC1CC1. The maximum atomic E-state index is 11.2. The number of rotatable bonds is 7. The van der Waals surface area contributed by atoms with Crippen molar-refractivity contribution in [3.05, 3.63) is 0 Å². The second-order valence-corrected chi connectivity index (χ2v) is 3.92. The molecule has 0 saturated heterocycles. The molecule has 0 aromatic carbocycles. The number of hydrogen-bond acceptors (Lipinski definition) is 3. The van der Waals surface area contributed by atoms with Crippen molar-refractivity contribution in [3.8, 4) is 0 Å². The molecular formula is C10H19N3O2. The van der Waals surface area contributed by atoms with E-state index in [1.54, 1.807) is 0 Å². The molecule has 1 aliphatic carbocycles. The van der Waals surface area contributed by atoms with Crippen LogP contribution >= 0.6 is 0 Å². The molecule has 0 spiro atoms. The first kappa shape index (κ1) is 12.0. The number of nitrogens with two attached hydrogens (primary N) is 1. The predicted molar refractivity (Wildman–Crippen MR) is 57.0 cm³/mol. The van der Waals surface area contributed by atoms with Gasteiger partial charge in [-0.3, -0.25) is 9.59 Å². The van der Waals surface area contributed by atoms with E-state index in [9.17, 15) is 9.59 Å². The first-order valence-electron chi connectivity index (χ1n) is 5.46. The van der Waals surface area contributed by atoms with Crippen molar-refractivity contribution in [3.63, 3.8) is 0 Å². The second kappa shape index (κ2) is 6.40. The van der Waals surface area contributed by atoms with Gasteiger partial charge in [-0.05, 0) is 18.8 Å². The second-order valence-electron chi connectivity index (χ2n) is 3.92. The average Bonchev–Trinajstić information content (AvgIpc) is 3.04. The Morgan fingerprint density at radius 3 is 2.53 bits per heavy atom. The van der Waals surface area contributed by atoms with E-state index in [-0.39, 0.29) is 24.9 Å². The van der Waals surface area contributed by atoms with Crippen LogP contribution in [0.1, 0.15) is 25.7 Å². The summed E-state index contributed by atoms with van der Waals surface area (Å²) in [5.41, 5.74) is 5.08. The van der Waals surface area contributed by atoms with Gasteiger partial charge in [0, 0.05) is 6.54 Å². The summed E-state index contributed by atoms with van der Waals surface area (Å²) in [6.45, 7) is 0.655. The van der Waals surface area contributed by atoms with Crippen LogP contribution in [-0.4, -0.2) is 31.4 Å². The molecule has 0 aromatic rings. The standard InChI is InChI=1S/C10H19N3O2/c11-6-9(14)13-7-10(15)12-5-1-2-8-3-4-8/h8H,1-7,11H2,(H,12,15)(H,13,14). The van der Waals surface area contributed by atoms with E-state index >= 15 is 0 Å². The maximum Gasteiger partial charge on any atom is 0.239 e. The van der Waals surface area contributed by atoms with Crippen LogP contribution in [0.2, 0.25) is 0 Å². The lowest BCUT2D eigenvalue weighted by molar-refractivity contribution is -0.125. The summed E-state index contributed by atoms with van der Waals surface area (Å²) in [4.78, 5) is 21.9. The van der Waals surface area contributed by atoms with Gasteiger partial charge in [0.1, 0.15) is 0 Å². The van der Waals surface area contributed by atoms with Crippen molar-refractivity contribution in [2.45, 2.75) is 25.7 Å². The Morgan fingerprint density at radius 2 is 1.93 bits per heavy atom. The molecule has 1 saturated carbocycles. The van der Waals surface area contributed by atoms with Crippen molar-refractivity contribution < 1.29 is 9.59 Å². The lowest BCUT2D eigenvalue weighted by Crippen LogP contribution is -2.39. The highest BCUT2D eigenvalue weighted by Crippen LogP contribution is 2.33. The van der Waals surface area contributed by atoms with E-state index in [1.807, 2.05) is 0 Å². The quantitative estimate of drug-likeness (QED) is 0.492. The molecule has 0 aromatic heterocycles. The molecular weight excluding hydrogens is 194 g/mol.